The van der Waals surface area contributed by atoms with E-state index in [2.05, 4.69) is 20.8 Å². The zero-order valence-corrected chi connectivity index (χ0v) is 12.4. The summed E-state index contributed by atoms with van der Waals surface area (Å²) in [4.78, 5) is 26.4. The molecule has 2 N–H and O–H groups in total. The number of nitrogens with zero attached hydrogens (tertiary/aromatic N) is 2. The van der Waals surface area contributed by atoms with Crippen LogP contribution in [0, 0.1) is 0 Å². The summed E-state index contributed by atoms with van der Waals surface area (Å²) in [6, 6.07) is 0. The number of nitrogens with one attached hydrogen (secondary N) is 2. The monoisotopic (exact) mass is 282 g/mol. The quantitative estimate of drug-likeness (QED) is 0.794. The fourth-order valence-electron chi connectivity index (χ4n) is 1.41. The molecule has 0 aliphatic heterocycles. The molecule has 1 rings (SSSR count). The fraction of sp³-hybridized carbons (Fsp3) is 0.692. The second kappa shape index (κ2) is 7.02. The average molecular weight is 282 g/mol. The molecule has 0 aromatic carbocycles. The Balaban J connectivity index is 2.25. The molecule has 2 amide bonds. The predicted octanol–water partition coefficient (Wildman–Crippen LogP) is 0.552. The summed E-state index contributed by atoms with van der Waals surface area (Å²) in [6.07, 6.45) is 0.782. The third-order valence-corrected chi connectivity index (χ3v) is 2.51. The Kier molecular flexibility index (Phi) is 5.66. The molecule has 112 valence electrons. The molecule has 7 heteroatoms. The van der Waals surface area contributed by atoms with Gasteiger partial charge in [0.25, 0.3) is 0 Å². The van der Waals surface area contributed by atoms with Crippen molar-refractivity contribution >= 4 is 11.8 Å². The molecule has 1 heterocycles. The molecule has 1 aromatic rings. The summed E-state index contributed by atoms with van der Waals surface area (Å²) in [5.41, 5.74) is -0.174. The first-order valence-corrected chi connectivity index (χ1v) is 6.63. The minimum absolute atomic E-state index is 0.113. The lowest BCUT2D eigenvalue weighted by atomic mass is 9.97. The number of carbonyl (C=O) groups excluding carboxylic acids is 2. The van der Waals surface area contributed by atoms with Crippen LogP contribution < -0.4 is 10.6 Å². The molecule has 0 bridgehead atoms. The molecule has 0 radical (unpaired) electrons. The molecule has 0 spiro atoms. The molecule has 0 saturated carbocycles. The van der Waals surface area contributed by atoms with Crippen LogP contribution >= 0.6 is 0 Å². The van der Waals surface area contributed by atoms with Crippen molar-refractivity contribution in [1.82, 2.24) is 20.8 Å². The van der Waals surface area contributed by atoms with Crippen LogP contribution in [0.3, 0.4) is 0 Å². The van der Waals surface area contributed by atoms with Crippen LogP contribution in [-0.4, -0.2) is 35.0 Å². The van der Waals surface area contributed by atoms with E-state index in [1.165, 1.54) is 6.92 Å². The molecule has 0 aliphatic rings. The van der Waals surface area contributed by atoms with Crippen LogP contribution in [-0.2, 0) is 21.4 Å². The van der Waals surface area contributed by atoms with Crippen molar-refractivity contribution in [2.45, 2.75) is 46.0 Å². The van der Waals surface area contributed by atoms with Crippen molar-refractivity contribution in [2.24, 2.45) is 0 Å². The number of amides is 2. The fourth-order valence-corrected chi connectivity index (χ4v) is 1.41. The standard InChI is InChI=1S/C13H22N4O3/c1-9(18)14-8-6-11(19)15-7-5-10-16-12(20-17-10)13(2,3)4/h5-8H2,1-4H3,(H,14,18)(H,15,19). The maximum atomic E-state index is 11.5. The van der Waals surface area contributed by atoms with E-state index in [0.717, 1.165) is 0 Å². The van der Waals surface area contributed by atoms with Crippen molar-refractivity contribution < 1.29 is 14.1 Å². The van der Waals surface area contributed by atoms with E-state index in [1.807, 2.05) is 20.8 Å². The van der Waals surface area contributed by atoms with Gasteiger partial charge < -0.3 is 15.2 Å². The minimum atomic E-state index is -0.174. The normalized spacial score (nSPS) is 11.2. The number of aromatic nitrogens is 2. The van der Waals surface area contributed by atoms with Gasteiger partial charge in [0.1, 0.15) is 0 Å². The van der Waals surface area contributed by atoms with Gasteiger partial charge in [-0.25, -0.2) is 0 Å². The Labute approximate surface area is 118 Å². The molecule has 7 nitrogen and oxygen atoms in total. The molecule has 0 aliphatic carbocycles. The Morgan fingerprint density at radius 2 is 1.90 bits per heavy atom. The van der Waals surface area contributed by atoms with Gasteiger partial charge in [-0.15, -0.1) is 0 Å². The van der Waals surface area contributed by atoms with Crippen LogP contribution in [0.2, 0.25) is 0 Å². The lowest BCUT2D eigenvalue weighted by Crippen LogP contribution is -2.30. The Hall–Kier alpha value is -1.92. The van der Waals surface area contributed by atoms with Crippen LogP contribution in [0.5, 0.6) is 0 Å². The van der Waals surface area contributed by atoms with Crippen molar-refractivity contribution in [3.05, 3.63) is 11.7 Å². The van der Waals surface area contributed by atoms with E-state index in [4.69, 9.17) is 4.52 Å². The summed E-state index contributed by atoms with van der Waals surface area (Å²) < 4.78 is 5.16. The smallest absolute Gasteiger partial charge is 0.232 e. The highest BCUT2D eigenvalue weighted by molar-refractivity contribution is 5.77. The summed E-state index contributed by atoms with van der Waals surface area (Å²) in [7, 11) is 0. The van der Waals surface area contributed by atoms with Crippen LogP contribution in [0.15, 0.2) is 4.52 Å². The first-order chi connectivity index (χ1) is 9.29. The zero-order chi connectivity index (χ0) is 15.2. The van der Waals surface area contributed by atoms with Gasteiger partial charge in [0.2, 0.25) is 17.7 Å². The molecular formula is C13H22N4O3. The summed E-state index contributed by atoms with van der Waals surface area (Å²) >= 11 is 0. The first-order valence-electron chi connectivity index (χ1n) is 6.63. The highest BCUT2D eigenvalue weighted by Gasteiger charge is 2.21. The van der Waals surface area contributed by atoms with Gasteiger partial charge in [0, 0.05) is 38.3 Å². The second-order valence-corrected chi connectivity index (χ2v) is 5.60. The van der Waals surface area contributed by atoms with E-state index in [-0.39, 0.29) is 23.7 Å². The summed E-state index contributed by atoms with van der Waals surface area (Å²) in [5.74, 6) is 0.916. The van der Waals surface area contributed by atoms with E-state index in [0.29, 0.717) is 31.2 Å². The zero-order valence-electron chi connectivity index (χ0n) is 12.4. The van der Waals surface area contributed by atoms with Gasteiger partial charge in [-0.2, -0.15) is 4.98 Å². The summed E-state index contributed by atoms with van der Waals surface area (Å²) in [5, 5.41) is 9.18. The van der Waals surface area contributed by atoms with Gasteiger partial charge in [0.05, 0.1) is 0 Å². The largest absolute Gasteiger partial charge is 0.356 e. The van der Waals surface area contributed by atoms with Crippen LogP contribution in [0.4, 0.5) is 0 Å². The van der Waals surface area contributed by atoms with E-state index in [9.17, 15) is 9.59 Å². The number of carbonyl (C=O) groups is 2. The van der Waals surface area contributed by atoms with E-state index >= 15 is 0 Å². The lowest BCUT2D eigenvalue weighted by molar-refractivity contribution is -0.121. The van der Waals surface area contributed by atoms with E-state index < -0.39 is 0 Å². The number of rotatable bonds is 6. The maximum absolute atomic E-state index is 11.5. The minimum Gasteiger partial charge on any atom is -0.356 e. The molecule has 0 atom stereocenters. The Morgan fingerprint density at radius 1 is 1.20 bits per heavy atom. The first kappa shape index (κ1) is 16.1. The SMILES string of the molecule is CC(=O)NCCC(=O)NCCc1noc(C(C)(C)C)n1. The highest BCUT2D eigenvalue weighted by atomic mass is 16.5. The van der Waals surface area contributed by atoms with Gasteiger partial charge in [-0.05, 0) is 0 Å². The van der Waals surface area contributed by atoms with Crippen LogP contribution in [0.25, 0.3) is 0 Å². The molecule has 0 fully saturated rings. The van der Waals surface area contributed by atoms with Gasteiger partial charge in [0.15, 0.2) is 5.82 Å². The van der Waals surface area contributed by atoms with Gasteiger partial charge >= 0.3 is 0 Å². The molecule has 1 aromatic heterocycles. The molecule has 20 heavy (non-hydrogen) atoms. The van der Waals surface area contributed by atoms with Crippen molar-refractivity contribution in [3.8, 4) is 0 Å². The van der Waals surface area contributed by atoms with Crippen molar-refractivity contribution in [2.75, 3.05) is 13.1 Å². The Morgan fingerprint density at radius 3 is 2.45 bits per heavy atom. The molecule has 0 saturated heterocycles. The second-order valence-electron chi connectivity index (χ2n) is 5.60. The lowest BCUT2D eigenvalue weighted by Gasteiger charge is -2.10. The molecule has 0 unspecified atom stereocenters. The number of hydrogen-bond acceptors (Lipinski definition) is 5. The third kappa shape index (κ3) is 5.81. The number of hydrogen-bond donors (Lipinski definition) is 2. The third-order valence-electron chi connectivity index (χ3n) is 2.51. The van der Waals surface area contributed by atoms with Crippen molar-refractivity contribution in [3.63, 3.8) is 0 Å². The highest BCUT2D eigenvalue weighted by Crippen LogP contribution is 2.19. The maximum Gasteiger partial charge on any atom is 0.232 e. The van der Waals surface area contributed by atoms with E-state index in [1.54, 1.807) is 0 Å². The topological polar surface area (TPSA) is 97.1 Å². The van der Waals surface area contributed by atoms with Gasteiger partial charge in [-0.3, -0.25) is 9.59 Å². The summed E-state index contributed by atoms with van der Waals surface area (Å²) in [6.45, 7) is 8.19. The molecular weight excluding hydrogens is 260 g/mol. The van der Waals surface area contributed by atoms with Gasteiger partial charge in [-0.1, -0.05) is 25.9 Å². The average Bonchev–Trinajstić information content (AvgIpc) is 2.77. The van der Waals surface area contributed by atoms with Crippen molar-refractivity contribution in [1.29, 1.82) is 0 Å². The predicted molar refractivity (Wildman–Crippen MR) is 73.0 cm³/mol. The van der Waals surface area contributed by atoms with Crippen LogP contribution in [0.1, 0.15) is 45.8 Å². The Bertz CT molecular complexity index is 462.